The molecule has 0 saturated heterocycles. The highest BCUT2D eigenvalue weighted by Crippen LogP contribution is 2.34. The second kappa shape index (κ2) is 3.83. The van der Waals surface area contributed by atoms with Crippen LogP contribution in [0.2, 0.25) is 0 Å². The molecule has 7 heteroatoms. The van der Waals surface area contributed by atoms with E-state index in [-0.39, 0.29) is 18.2 Å². The quantitative estimate of drug-likeness (QED) is 0.741. The van der Waals surface area contributed by atoms with Gasteiger partial charge < -0.3 is 9.47 Å². The van der Waals surface area contributed by atoms with Gasteiger partial charge in [-0.15, -0.1) is 0 Å². The largest absolute Gasteiger partial charge is 0.461 e. The Balaban J connectivity index is 2.29. The SMILES string of the molecule is C=C1Oc2cc(C(=O)OCC)nn2CC1(F)F. The number of rotatable bonds is 2. The minimum Gasteiger partial charge on any atom is -0.461 e. The minimum atomic E-state index is -3.19. The lowest BCUT2D eigenvalue weighted by Gasteiger charge is -2.24. The van der Waals surface area contributed by atoms with Gasteiger partial charge in [0.05, 0.1) is 6.61 Å². The smallest absolute Gasteiger partial charge is 0.358 e. The molecule has 0 aromatic carbocycles. The van der Waals surface area contributed by atoms with E-state index in [2.05, 4.69) is 11.7 Å². The molecule has 0 radical (unpaired) electrons. The van der Waals surface area contributed by atoms with E-state index in [0.29, 0.717) is 0 Å². The monoisotopic (exact) mass is 244 g/mol. The first-order valence-corrected chi connectivity index (χ1v) is 4.94. The van der Waals surface area contributed by atoms with Crippen molar-refractivity contribution in [2.45, 2.75) is 19.4 Å². The first kappa shape index (κ1) is 11.6. The van der Waals surface area contributed by atoms with Crippen LogP contribution in [0.15, 0.2) is 18.4 Å². The van der Waals surface area contributed by atoms with Crippen LogP contribution in [-0.4, -0.2) is 28.3 Å². The molecule has 92 valence electrons. The first-order chi connectivity index (χ1) is 7.94. The molecule has 2 rings (SSSR count). The van der Waals surface area contributed by atoms with Crippen molar-refractivity contribution in [2.75, 3.05) is 6.61 Å². The fourth-order valence-electron chi connectivity index (χ4n) is 1.38. The number of fused-ring (bicyclic) bond motifs is 1. The van der Waals surface area contributed by atoms with Crippen molar-refractivity contribution in [3.05, 3.63) is 24.1 Å². The number of ether oxygens (including phenoxy) is 2. The third-order valence-corrected chi connectivity index (χ3v) is 2.21. The first-order valence-electron chi connectivity index (χ1n) is 4.94. The minimum absolute atomic E-state index is 0.0592. The van der Waals surface area contributed by atoms with E-state index in [4.69, 9.17) is 9.47 Å². The van der Waals surface area contributed by atoms with Crippen molar-refractivity contribution in [1.82, 2.24) is 9.78 Å². The highest BCUT2D eigenvalue weighted by molar-refractivity contribution is 5.87. The summed E-state index contributed by atoms with van der Waals surface area (Å²) in [6, 6.07) is 1.25. The number of carbonyl (C=O) groups excluding carboxylic acids is 1. The molecule has 0 amide bonds. The predicted octanol–water partition coefficient (Wildman–Crippen LogP) is 1.60. The van der Waals surface area contributed by atoms with Crippen LogP contribution in [0.4, 0.5) is 8.78 Å². The number of esters is 1. The van der Waals surface area contributed by atoms with Gasteiger partial charge in [0.15, 0.2) is 11.5 Å². The van der Waals surface area contributed by atoms with Crippen LogP contribution >= 0.6 is 0 Å². The molecule has 0 fully saturated rings. The van der Waals surface area contributed by atoms with E-state index >= 15 is 0 Å². The topological polar surface area (TPSA) is 53.4 Å². The van der Waals surface area contributed by atoms with E-state index in [0.717, 1.165) is 4.68 Å². The van der Waals surface area contributed by atoms with E-state index < -0.39 is 24.2 Å². The van der Waals surface area contributed by atoms with Crippen LogP contribution in [0, 0.1) is 0 Å². The summed E-state index contributed by atoms with van der Waals surface area (Å²) in [6.45, 7) is 4.26. The summed E-state index contributed by atoms with van der Waals surface area (Å²) >= 11 is 0. The third kappa shape index (κ3) is 2.00. The molecule has 1 aromatic rings. The number of aromatic nitrogens is 2. The van der Waals surface area contributed by atoms with Gasteiger partial charge >= 0.3 is 11.9 Å². The van der Waals surface area contributed by atoms with Crippen LogP contribution < -0.4 is 4.74 Å². The van der Waals surface area contributed by atoms with Crippen molar-refractivity contribution in [3.63, 3.8) is 0 Å². The number of hydrogen-bond acceptors (Lipinski definition) is 4. The summed E-state index contributed by atoms with van der Waals surface area (Å²) in [5.74, 6) is -4.46. The van der Waals surface area contributed by atoms with Crippen LogP contribution in [0.5, 0.6) is 5.88 Å². The van der Waals surface area contributed by atoms with Crippen LogP contribution in [0.3, 0.4) is 0 Å². The van der Waals surface area contributed by atoms with Gasteiger partial charge in [0, 0.05) is 6.07 Å². The molecule has 1 aromatic heterocycles. The summed E-state index contributed by atoms with van der Waals surface area (Å²) in [6.07, 6.45) is 0. The summed E-state index contributed by atoms with van der Waals surface area (Å²) in [4.78, 5) is 11.3. The second-order valence-electron chi connectivity index (χ2n) is 3.48. The second-order valence-corrected chi connectivity index (χ2v) is 3.48. The Kier molecular flexibility index (Phi) is 2.60. The summed E-state index contributed by atoms with van der Waals surface area (Å²) in [5.41, 5.74) is -0.0626. The van der Waals surface area contributed by atoms with Crippen molar-refractivity contribution < 1.29 is 23.0 Å². The zero-order chi connectivity index (χ0) is 12.6. The molecular formula is C10H10F2N2O3. The van der Waals surface area contributed by atoms with Crippen LogP contribution in [-0.2, 0) is 11.3 Å². The van der Waals surface area contributed by atoms with E-state index in [1.807, 2.05) is 0 Å². The van der Waals surface area contributed by atoms with Crippen molar-refractivity contribution in [2.24, 2.45) is 0 Å². The van der Waals surface area contributed by atoms with Gasteiger partial charge in [0.25, 0.3) is 0 Å². The highest BCUT2D eigenvalue weighted by atomic mass is 19.3. The molecule has 0 unspecified atom stereocenters. The van der Waals surface area contributed by atoms with Gasteiger partial charge in [-0.2, -0.15) is 13.9 Å². The normalized spacial score (nSPS) is 17.2. The van der Waals surface area contributed by atoms with Gasteiger partial charge in [-0.3, -0.25) is 0 Å². The fraction of sp³-hybridized carbons (Fsp3) is 0.400. The lowest BCUT2D eigenvalue weighted by molar-refractivity contribution is -0.0334. The zero-order valence-electron chi connectivity index (χ0n) is 9.07. The Morgan fingerprint density at radius 3 is 3.12 bits per heavy atom. The fourth-order valence-corrected chi connectivity index (χ4v) is 1.38. The molecule has 5 nitrogen and oxygen atoms in total. The number of halogens is 2. The number of nitrogens with zero attached hydrogens (tertiary/aromatic N) is 2. The molecule has 2 heterocycles. The van der Waals surface area contributed by atoms with Crippen LogP contribution in [0.1, 0.15) is 17.4 Å². The highest BCUT2D eigenvalue weighted by Gasteiger charge is 2.41. The summed E-state index contributed by atoms with van der Waals surface area (Å²) < 4.78 is 36.9. The van der Waals surface area contributed by atoms with Gasteiger partial charge in [-0.25, -0.2) is 9.48 Å². The van der Waals surface area contributed by atoms with Gasteiger partial charge in [-0.1, -0.05) is 6.58 Å². The Morgan fingerprint density at radius 1 is 1.76 bits per heavy atom. The lowest BCUT2D eigenvalue weighted by atomic mass is 10.2. The number of hydrogen-bond donors (Lipinski definition) is 0. The molecule has 17 heavy (non-hydrogen) atoms. The molecule has 0 atom stereocenters. The van der Waals surface area contributed by atoms with E-state index in [1.165, 1.54) is 6.07 Å². The maximum absolute atomic E-state index is 13.2. The van der Waals surface area contributed by atoms with Gasteiger partial charge in [-0.05, 0) is 6.92 Å². The van der Waals surface area contributed by atoms with E-state index in [9.17, 15) is 13.6 Å². The molecule has 0 spiro atoms. The number of carbonyl (C=O) groups is 1. The maximum Gasteiger partial charge on any atom is 0.358 e. The standard InChI is InChI=1S/C10H10F2N2O3/c1-3-16-9(15)7-4-8-14(13-7)5-10(11,12)6(2)17-8/h4H,2-3,5H2,1H3. The molecule has 1 aliphatic heterocycles. The van der Waals surface area contributed by atoms with Crippen molar-refractivity contribution >= 4 is 5.97 Å². The average molecular weight is 244 g/mol. The molecular weight excluding hydrogens is 234 g/mol. The Labute approximate surface area is 95.6 Å². The van der Waals surface area contributed by atoms with Crippen molar-refractivity contribution in [3.8, 4) is 5.88 Å². The van der Waals surface area contributed by atoms with Crippen molar-refractivity contribution in [1.29, 1.82) is 0 Å². The molecule has 0 saturated carbocycles. The maximum atomic E-state index is 13.2. The Hall–Kier alpha value is -1.92. The van der Waals surface area contributed by atoms with Gasteiger partial charge in [0.1, 0.15) is 6.54 Å². The number of alkyl halides is 2. The third-order valence-electron chi connectivity index (χ3n) is 2.21. The summed E-state index contributed by atoms with van der Waals surface area (Å²) in [5, 5.41) is 3.70. The Bertz CT molecular complexity index is 482. The average Bonchev–Trinajstić information content (AvgIpc) is 2.61. The molecule has 0 N–H and O–H groups in total. The molecule has 0 bridgehead atoms. The summed E-state index contributed by atoms with van der Waals surface area (Å²) in [7, 11) is 0. The van der Waals surface area contributed by atoms with E-state index in [1.54, 1.807) is 6.92 Å². The molecule has 0 aliphatic carbocycles. The lowest BCUT2D eigenvalue weighted by Crippen LogP contribution is -2.34. The van der Waals surface area contributed by atoms with Gasteiger partial charge in [0.2, 0.25) is 5.88 Å². The van der Waals surface area contributed by atoms with Crippen LogP contribution in [0.25, 0.3) is 0 Å². The molecule has 1 aliphatic rings. The predicted molar refractivity (Wildman–Crippen MR) is 52.9 cm³/mol. The zero-order valence-corrected chi connectivity index (χ0v) is 9.07. The Morgan fingerprint density at radius 2 is 2.47 bits per heavy atom. The number of allylic oxidation sites excluding steroid dienone is 1.